The number of ether oxygens (including phenoxy) is 1. The maximum absolute atomic E-state index is 11.7. The lowest BCUT2D eigenvalue weighted by molar-refractivity contribution is 0.0694. The van der Waals surface area contributed by atoms with Gasteiger partial charge in [0.1, 0.15) is 18.2 Å². The van der Waals surface area contributed by atoms with E-state index < -0.39 is 5.97 Å². The van der Waals surface area contributed by atoms with Crippen molar-refractivity contribution >= 4 is 40.2 Å². The summed E-state index contributed by atoms with van der Waals surface area (Å²) in [6.07, 6.45) is 0. The topological polar surface area (TPSA) is 64.3 Å². The number of carboxylic acid groups (broad SMARTS) is 1. The number of hydrogen-bond acceptors (Lipinski definition) is 3. The summed E-state index contributed by atoms with van der Waals surface area (Å²) < 4.78 is 8.15. The predicted octanol–water partition coefficient (Wildman–Crippen LogP) is 7.95. The van der Waals surface area contributed by atoms with Gasteiger partial charge in [0.15, 0.2) is 0 Å². The highest BCUT2D eigenvalue weighted by Gasteiger charge is 2.17. The van der Waals surface area contributed by atoms with E-state index in [1.807, 2.05) is 50.2 Å². The number of rotatable bonds is 7. The average molecular weight is 531 g/mol. The molecule has 0 spiro atoms. The lowest BCUT2D eigenvalue weighted by atomic mass is 10.0. The van der Waals surface area contributed by atoms with Crippen molar-refractivity contribution in [2.24, 2.45) is 0 Å². The van der Waals surface area contributed by atoms with Gasteiger partial charge < -0.3 is 14.4 Å². The van der Waals surface area contributed by atoms with Crippen molar-refractivity contribution in [3.05, 3.63) is 117 Å². The molecule has 7 heteroatoms. The Morgan fingerprint density at radius 1 is 0.892 bits per heavy atom. The first-order valence-electron chi connectivity index (χ1n) is 11.8. The third-order valence-electron chi connectivity index (χ3n) is 6.41. The molecule has 0 saturated heterocycles. The molecular formula is C30H24Cl2N2O3. The lowest BCUT2D eigenvalue weighted by Crippen LogP contribution is -2.07. The Hall–Kier alpha value is -3.80. The Bertz CT molecular complexity index is 1630. The SMILES string of the molecule is Cc1cc(OCc2cccc(Cl)c2C(=O)O)cc2c1nc(C)n2Cc1ccc(-c2ccccc2)cc1Cl. The number of aryl methyl sites for hydroxylation is 2. The van der Waals surface area contributed by atoms with Gasteiger partial charge in [-0.2, -0.15) is 0 Å². The van der Waals surface area contributed by atoms with Crippen LogP contribution < -0.4 is 4.74 Å². The second-order valence-electron chi connectivity index (χ2n) is 8.89. The second kappa shape index (κ2) is 10.3. The molecule has 0 aliphatic heterocycles. The molecule has 1 aromatic heterocycles. The zero-order valence-corrected chi connectivity index (χ0v) is 21.8. The minimum atomic E-state index is -1.08. The molecule has 4 aromatic carbocycles. The third kappa shape index (κ3) is 5.06. The smallest absolute Gasteiger partial charge is 0.337 e. The van der Waals surface area contributed by atoms with Gasteiger partial charge in [0.2, 0.25) is 0 Å². The highest BCUT2D eigenvalue weighted by Crippen LogP contribution is 2.31. The van der Waals surface area contributed by atoms with Gasteiger partial charge in [0.25, 0.3) is 0 Å². The minimum Gasteiger partial charge on any atom is -0.489 e. The first kappa shape index (κ1) is 24.9. The van der Waals surface area contributed by atoms with Crippen molar-refractivity contribution in [2.75, 3.05) is 0 Å². The van der Waals surface area contributed by atoms with Crippen LogP contribution in [-0.4, -0.2) is 20.6 Å². The van der Waals surface area contributed by atoms with E-state index in [0.717, 1.165) is 39.1 Å². The zero-order valence-electron chi connectivity index (χ0n) is 20.3. The van der Waals surface area contributed by atoms with Crippen LogP contribution in [0, 0.1) is 13.8 Å². The Balaban J connectivity index is 1.45. The van der Waals surface area contributed by atoms with E-state index in [4.69, 9.17) is 32.9 Å². The number of aromatic nitrogens is 2. The van der Waals surface area contributed by atoms with E-state index in [9.17, 15) is 9.90 Å². The molecule has 0 saturated carbocycles. The summed E-state index contributed by atoms with van der Waals surface area (Å²) in [6, 6.07) is 25.1. The van der Waals surface area contributed by atoms with Crippen molar-refractivity contribution in [2.45, 2.75) is 27.0 Å². The highest BCUT2D eigenvalue weighted by molar-refractivity contribution is 6.33. The Morgan fingerprint density at radius 3 is 2.41 bits per heavy atom. The van der Waals surface area contributed by atoms with Crippen LogP contribution in [0.15, 0.2) is 78.9 Å². The number of carbonyl (C=O) groups is 1. The van der Waals surface area contributed by atoms with E-state index in [1.165, 1.54) is 0 Å². The molecule has 5 rings (SSSR count). The summed E-state index contributed by atoms with van der Waals surface area (Å²) in [6.45, 7) is 4.58. The van der Waals surface area contributed by atoms with E-state index in [1.54, 1.807) is 18.2 Å². The first-order valence-corrected chi connectivity index (χ1v) is 12.5. The van der Waals surface area contributed by atoms with Crippen LogP contribution in [0.4, 0.5) is 0 Å². The van der Waals surface area contributed by atoms with Crippen LogP contribution >= 0.6 is 23.2 Å². The molecule has 0 amide bonds. The normalized spacial score (nSPS) is 11.1. The summed E-state index contributed by atoms with van der Waals surface area (Å²) in [7, 11) is 0. The molecule has 0 bridgehead atoms. The van der Waals surface area contributed by atoms with Gasteiger partial charge >= 0.3 is 5.97 Å². The number of imidazole rings is 1. The number of nitrogens with zero attached hydrogens (tertiary/aromatic N) is 2. The fourth-order valence-electron chi connectivity index (χ4n) is 4.50. The van der Waals surface area contributed by atoms with Gasteiger partial charge in [-0.25, -0.2) is 9.78 Å². The first-order chi connectivity index (χ1) is 17.8. The van der Waals surface area contributed by atoms with Crippen LogP contribution in [0.25, 0.3) is 22.2 Å². The Morgan fingerprint density at radius 2 is 1.68 bits per heavy atom. The number of benzene rings is 4. The Kier molecular flexibility index (Phi) is 6.92. The van der Waals surface area contributed by atoms with Crippen molar-refractivity contribution < 1.29 is 14.6 Å². The van der Waals surface area contributed by atoms with Crippen LogP contribution in [0.2, 0.25) is 10.0 Å². The largest absolute Gasteiger partial charge is 0.489 e. The molecule has 5 nitrogen and oxygen atoms in total. The number of hydrogen-bond donors (Lipinski definition) is 1. The standard InChI is InChI=1S/C30H24Cl2N2O3/c1-18-13-24(37-17-23-9-6-10-25(31)28(23)30(35)36)15-27-29(18)33-19(2)34(27)16-22-12-11-21(14-26(22)32)20-7-4-3-5-8-20/h3-15H,16-17H2,1-2H3,(H,35,36). The zero-order chi connectivity index (χ0) is 26.1. The van der Waals surface area contributed by atoms with Gasteiger partial charge in [-0.15, -0.1) is 0 Å². The molecule has 5 aromatic rings. The molecular weight excluding hydrogens is 507 g/mol. The molecule has 0 aliphatic rings. The molecule has 1 heterocycles. The van der Waals surface area contributed by atoms with Gasteiger partial charge in [0, 0.05) is 16.7 Å². The van der Waals surface area contributed by atoms with Crippen LogP contribution in [0.3, 0.4) is 0 Å². The minimum absolute atomic E-state index is 0.0523. The van der Waals surface area contributed by atoms with Gasteiger partial charge in [0.05, 0.1) is 28.2 Å². The van der Waals surface area contributed by atoms with Crippen molar-refractivity contribution in [3.8, 4) is 16.9 Å². The fraction of sp³-hybridized carbons (Fsp3) is 0.133. The van der Waals surface area contributed by atoms with E-state index in [-0.39, 0.29) is 17.2 Å². The van der Waals surface area contributed by atoms with Gasteiger partial charge in [-0.1, -0.05) is 77.8 Å². The van der Waals surface area contributed by atoms with E-state index >= 15 is 0 Å². The quantitative estimate of drug-likeness (QED) is 0.232. The molecule has 0 unspecified atom stereocenters. The van der Waals surface area contributed by atoms with Crippen molar-refractivity contribution in [3.63, 3.8) is 0 Å². The maximum atomic E-state index is 11.7. The summed E-state index contributed by atoms with van der Waals surface area (Å²) in [5, 5.41) is 10.4. The summed E-state index contributed by atoms with van der Waals surface area (Å²) in [5.74, 6) is 0.397. The van der Waals surface area contributed by atoms with E-state index in [0.29, 0.717) is 22.9 Å². The second-order valence-corrected chi connectivity index (χ2v) is 9.71. The van der Waals surface area contributed by atoms with Crippen molar-refractivity contribution in [1.29, 1.82) is 0 Å². The average Bonchev–Trinajstić information content (AvgIpc) is 3.19. The molecule has 186 valence electrons. The maximum Gasteiger partial charge on any atom is 0.337 e. The molecule has 0 radical (unpaired) electrons. The summed E-state index contributed by atoms with van der Waals surface area (Å²) in [4.78, 5) is 16.5. The Labute approximate surface area is 224 Å². The fourth-order valence-corrected chi connectivity index (χ4v) is 5.02. The van der Waals surface area contributed by atoms with Crippen LogP contribution in [0.1, 0.15) is 32.9 Å². The lowest BCUT2D eigenvalue weighted by Gasteiger charge is -2.13. The van der Waals surface area contributed by atoms with Gasteiger partial charge in [-0.05, 0) is 54.3 Å². The molecule has 0 atom stereocenters. The highest BCUT2D eigenvalue weighted by atomic mass is 35.5. The molecule has 0 aliphatic carbocycles. The van der Waals surface area contributed by atoms with Gasteiger partial charge in [-0.3, -0.25) is 0 Å². The number of halogens is 2. The number of aromatic carboxylic acids is 1. The van der Waals surface area contributed by atoms with Crippen LogP contribution in [-0.2, 0) is 13.2 Å². The monoisotopic (exact) mass is 530 g/mol. The number of fused-ring (bicyclic) bond motifs is 1. The molecule has 37 heavy (non-hydrogen) atoms. The van der Waals surface area contributed by atoms with Crippen LogP contribution in [0.5, 0.6) is 5.75 Å². The molecule has 0 fully saturated rings. The number of carboxylic acids is 1. The summed E-state index contributed by atoms with van der Waals surface area (Å²) >= 11 is 12.8. The summed E-state index contributed by atoms with van der Waals surface area (Å²) in [5.41, 5.74) is 6.49. The van der Waals surface area contributed by atoms with E-state index in [2.05, 4.69) is 28.8 Å². The van der Waals surface area contributed by atoms with Crippen molar-refractivity contribution in [1.82, 2.24) is 9.55 Å². The third-order valence-corrected chi connectivity index (χ3v) is 7.07. The molecule has 1 N–H and O–H groups in total. The predicted molar refractivity (Wildman–Crippen MR) is 148 cm³/mol.